The summed E-state index contributed by atoms with van der Waals surface area (Å²) in [6.45, 7) is 2.41. The normalized spacial score (nSPS) is 30.4. The Hall–Kier alpha value is -1.43. The highest BCUT2D eigenvalue weighted by molar-refractivity contribution is 7.99. The summed E-state index contributed by atoms with van der Waals surface area (Å²) in [5.41, 5.74) is 0. The third kappa shape index (κ3) is 2.25. The molecule has 1 N–H and O–H groups in total. The zero-order valence-electron chi connectivity index (χ0n) is 10.7. The predicted molar refractivity (Wildman–Crippen MR) is 71.5 cm³/mol. The van der Waals surface area contributed by atoms with Gasteiger partial charge in [-0.2, -0.15) is 0 Å². The Kier molecular flexibility index (Phi) is 3.26. The molecule has 6 heteroatoms. The molecule has 2 fully saturated rings. The van der Waals surface area contributed by atoms with Gasteiger partial charge in [-0.05, 0) is 25.5 Å². The van der Waals surface area contributed by atoms with Crippen molar-refractivity contribution in [2.24, 2.45) is 0 Å². The molecule has 0 unspecified atom stereocenters. The lowest BCUT2D eigenvalue weighted by Crippen LogP contribution is -2.61. The van der Waals surface area contributed by atoms with Crippen LogP contribution < -0.4 is 5.32 Å². The number of amides is 2. The van der Waals surface area contributed by atoms with Crippen molar-refractivity contribution in [1.82, 2.24) is 10.2 Å². The van der Waals surface area contributed by atoms with Crippen LogP contribution in [0.4, 0.5) is 0 Å². The van der Waals surface area contributed by atoms with Crippen LogP contribution in [0.15, 0.2) is 22.8 Å². The molecule has 0 saturated carbocycles. The van der Waals surface area contributed by atoms with Gasteiger partial charge in [-0.25, -0.2) is 0 Å². The van der Waals surface area contributed by atoms with E-state index in [-0.39, 0.29) is 23.1 Å². The molecule has 5 nitrogen and oxygen atoms in total. The van der Waals surface area contributed by atoms with Crippen molar-refractivity contribution in [3.05, 3.63) is 24.2 Å². The number of nitrogens with one attached hydrogen (secondary N) is 1. The third-order valence-corrected chi connectivity index (χ3v) is 5.02. The van der Waals surface area contributed by atoms with Crippen LogP contribution in [-0.4, -0.2) is 40.6 Å². The van der Waals surface area contributed by atoms with E-state index >= 15 is 0 Å². The van der Waals surface area contributed by atoms with Crippen molar-refractivity contribution in [2.45, 2.75) is 36.4 Å². The SMILES string of the molecule is C[C@H]1NC(=O)[C@@H]2[C@@H](SCc3ccco3)CCN2C1=O. The second-order valence-electron chi connectivity index (χ2n) is 4.92. The van der Waals surface area contributed by atoms with Crippen molar-refractivity contribution in [1.29, 1.82) is 0 Å². The Bertz CT molecular complexity index is 488. The highest BCUT2D eigenvalue weighted by Crippen LogP contribution is 2.33. The first-order valence-electron chi connectivity index (χ1n) is 6.41. The number of thioether (sulfide) groups is 1. The van der Waals surface area contributed by atoms with Crippen molar-refractivity contribution in [3.63, 3.8) is 0 Å². The van der Waals surface area contributed by atoms with Gasteiger partial charge < -0.3 is 14.6 Å². The molecule has 0 bridgehead atoms. The number of carbonyl (C=O) groups is 2. The first-order chi connectivity index (χ1) is 9.16. The molecule has 3 rings (SSSR count). The number of nitrogens with zero attached hydrogens (tertiary/aromatic N) is 1. The maximum absolute atomic E-state index is 12.1. The van der Waals surface area contributed by atoms with Gasteiger partial charge in [0.1, 0.15) is 17.8 Å². The molecule has 1 aromatic heterocycles. The number of furan rings is 1. The van der Waals surface area contributed by atoms with Gasteiger partial charge in [0.25, 0.3) is 0 Å². The molecule has 3 atom stereocenters. The Morgan fingerprint density at radius 1 is 1.53 bits per heavy atom. The van der Waals surface area contributed by atoms with Crippen LogP contribution in [0.3, 0.4) is 0 Å². The molecule has 0 aromatic carbocycles. The summed E-state index contributed by atoms with van der Waals surface area (Å²) in [6, 6.07) is 3.07. The average molecular weight is 280 g/mol. The second-order valence-corrected chi connectivity index (χ2v) is 6.15. The first kappa shape index (κ1) is 12.6. The van der Waals surface area contributed by atoms with E-state index in [0.29, 0.717) is 6.54 Å². The van der Waals surface area contributed by atoms with Crippen LogP contribution in [0.25, 0.3) is 0 Å². The van der Waals surface area contributed by atoms with E-state index in [1.54, 1.807) is 29.8 Å². The van der Waals surface area contributed by atoms with E-state index < -0.39 is 6.04 Å². The third-order valence-electron chi connectivity index (χ3n) is 3.64. The lowest BCUT2D eigenvalue weighted by atomic mass is 10.1. The average Bonchev–Trinajstić information content (AvgIpc) is 3.03. The predicted octanol–water partition coefficient (Wildman–Crippen LogP) is 1.00. The van der Waals surface area contributed by atoms with Crippen LogP contribution in [0.5, 0.6) is 0 Å². The van der Waals surface area contributed by atoms with Crippen LogP contribution in [0, 0.1) is 0 Å². The molecular weight excluding hydrogens is 264 g/mol. The lowest BCUT2D eigenvalue weighted by Gasteiger charge is -2.34. The summed E-state index contributed by atoms with van der Waals surface area (Å²) in [6.07, 6.45) is 2.51. The van der Waals surface area contributed by atoms with E-state index in [0.717, 1.165) is 17.9 Å². The zero-order valence-corrected chi connectivity index (χ0v) is 11.5. The molecule has 1 aromatic rings. The minimum Gasteiger partial charge on any atom is -0.468 e. The van der Waals surface area contributed by atoms with Crippen LogP contribution >= 0.6 is 11.8 Å². The van der Waals surface area contributed by atoms with Gasteiger partial charge in [0, 0.05) is 11.8 Å². The van der Waals surface area contributed by atoms with E-state index in [4.69, 9.17) is 4.42 Å². The molecule has 0 spiro atoms. The molecule has 2 amide bonds. The molecule has 0 aliphatic carbocycles. The van der Waals surface area contributed by atoms with E-state index in [1.165, 1.54) is 0 Å². The van der Waals surface area contributed by atoms with E-state index in [9.17, 15) is 9.59 Å². The number of fused-ring (bicyclic) bond motifs is 1. The van der Waals surface area contributed by atoms with Crippen LogP contribution in [0.1, 0.15) is 19.1 Å². The maximum Gasteiger partial charge on any atom is 0.245 e. The smallest absolute Gasteiger partial charge is 0.245 e. The van der Waals surface area contributed by atoms with Crippen LogP contribution in [0.2, 0.25) is 0 Å². The van der Waals surface area contributed by atoms with Gasteiger partial charge in [-0.3, -0.25) is 9.59 Å². The topological polar surface area (TPSA) is 62.6 Å². The molecule has 2 aliphatic heterocycles. The summed E-state index contributed by atoms with van der Waals surface area (Å²) < 4.78 is 5.29. The van der Waals surface area contributed by atoms with E-state index in [1.807, 2.05) is 12.1 Å². The second kappa shape index (κ2) is 4.92. The summed E-state index contributed by atoms with van der Waals surface area (Å²) in [5.74, 6) is 1.64. The number of carbonyl (C=O) groups excluding carboxylic acids is 2. The number of piperazine rings is 1. The van der Waals surface area contributed by atoms with E-state index in [2.05, 4.69) is 5.32 Å². The fourth-order valence-electron chi connectivity index (χ4n) is 2.69. The highest BCUT2D eigenvalue weighted by Gasteiger charge is 2.47. The summed E-state index contributed by atoms with van der Waals surface area (Å²) in [5, 5.41) is 2.91. The van der Waals surface area contributed by atoms with Gasteiger partial charge in [0.15, 0.2) is 0 Å². The van der Waals surface area contributed by atoms with Crippen molar-refractivity contribution in [3.8, 4) is 0 Å². The quantitative estimate of drug-likeness (QED) is 0.897. The molecule has 3 heterocycles. The van der Waals surface area contributed by atoms with Gasteiger partial charge in [-0.15, -0.1) is 11.8 Å². The van der Waals surface area contributed by atoms with Crippen molar-refractivity contribution >= 4 is 23.6 Å². The summed E-state index contributed by atoms with van der Waals surface area (Å²) in [7, 11) is 0. The zero-order chi connectivity index (χ0) is 13.4. The highest BCUT2D eigenvalue weighted by atomic mass is 32.2. The fraction of sp³-hybridized carbons (Fsp3) is 0.538. The van der Waals surface area contributed by atoms with Gasteiger partial charge in [0.2, 0.25) is 11.8 Å². The molecule has 19 heavy (non-hydrogen) atoms. The Morgan fingerprint density at radius 3 is 3.11 bits per heavy atom. The largest absolute Gasteiger partial charge is 0.468 e. The number of rotatable bonds is 3. The standard InChI is InChI=1S/C13H16N2O3S/c1-8-13(17)15-5-4-10(11(15)12(16)14-8)19-7-9-3-2-6-18-9/h2-3,6,8,10-11H,4-5,7H2,1H3,(H,14,16)/t8-,10+,11+/m1/s1. The van der Waals surface area contributed by atoms with Crippen molar-refractivity contribution in [2.75, 3.05) is 6.54 Å². The summed E-state index contributed by atoms with van der Waals surface area (Å²) in [4.78, 5) is 25.8. The lowest BCUT2D eigenvalue weighted by molar-refractivity contribution is -0.146. The van der Waals surface area contributed by atoms with Crippen molar-refractivity contribution < 1.29 is 14.0 Å². The molecule has 2 aliphatic rings. The Morgan fingerprint density at radius 2 is 2.37 bits per heavy atom. The molecule has 2 saturated heterocycles. The minimum absolute atomic E-state index is 0.0263. The molecular formula is C13H16N2O3S. The number of hydrogen-bond donors (Lipinski definition) is 1. The Labute approximate surface area is 115 Å². The van der Waals surface area contributed by atoms with Gasteiger partial charge >= 0.3 is 0 Å². The minimum atomic E-state index is -0.391. The first-order valence-corrected chi connectivity index (χ1v) is 7.46. The van der Waals surface area contributed by atoms with Crippen LogP contribution in [-0.2, 0) is 15.3 Å². The summed E-state index contributed by atoms with van der Waals surface area (Å²) >= 11 is 1.69. The maximum atomic E-state index is 12.1. The molecule has 102 valence electrons. The van der Waals surface area contributed by atoms with Gasteiger partial charge in [-0.1, -0.05) is 0 Å². The molecule has 0 radical (unpaired) electrons. The fourth-order valence-corrected chi connectivity index (χ4v) is 3.96. The monoisotopic (exact) mass is 280 g/mol. The Balaban J connectivity index is 1.68. The van der Waals surface area contributed by atoms with Gasteiger partial charge in [0.05, 0.1) is 12.0 Å². The number of hydrogen-bond acceptors (Lipinski definition) is 4.